The van der Waals surface area contributed by atoms with E-state index in [1.165, 1.54) is 12.8 Å². The lowest BCUT2D eigenvalue weighted by Gasteiger charge is -2.09. The summed E-state index contributed by atoms with van der Waals surface area (Å²) in [6.45, 7) is 2.10. The zero-order valence-electron chi connectivity index (χ0n) is 8.79. The van der Waals surface area contributed by atoms with Crippen LogP contribution in [0.25, 0.3) is 0 Å². The van der Waals surface area contributed by atoms with Gasteiger partial charge in [0.1, 0.15) is 6.07 Å². The van der Waals surface area contributed by atoms with E-state index in [9.17, 15) is 0 Å². The van der Waals surface area contributed by atoms with Crippen LogP contribution in [0.4, 0.5) is 5.69 Å². The molecule has 0 aliphatic heterocycles. The van der Waals surface area contributed by atoms with E-state index in [0.717, 1.165) is 21.9 Å². The van der Waals surface area contributed by atoms with Gasteiger partial charge < -0.3 is 5.32 Å². The number of anilines is 1. The van der Waals surface area contributed by atoms with Gasteiger partial charge in [-0.1, -0.05) is 13.0 Å². The Morgan fingerprint density at radius 1 is 1.53 bits per heavy atom. The average molecular weight is 218 g/mol. The Bertz CT molecular complexity index is 391. The van der Waals surface area contributed by atoms with Crippen molar-refractivity contribution in [2.75, 3.05) is 11.1 Å². The van der Waals surface area contributed by atoms with Crippen molar-refractivity contribution in [3.05, 3.63) is 23.8 Å². The molecule has 0 amide bonds. The number of rotatable bonds is 4. The Morgan fingerprint density at radius 3 is 2.93 bits per heavy atom. The number of nitrogens with zero attached hydrogens (tertiary/aromatic N) is 1. The molecule has 0 saturated heterocycles. The van der Waals surface area contributed by atoms with Gasteiger partial charge in [0.25, 0.3) is 0 Å². The largest absolute Gasteiger partial charge is 0.381 e. The van der Waals surface area contributed by atoms with E-state index in [-0.39, 0.29) is 0 Å². The molecule has 0 atom stereocenters. The molecule has 3 heteroatoms. The Morgan fingerprint density at radius 2 is 2.33 bits per heavy atom. The molecule has 1 aromatic rings. The maximum atomic E-state index is 9.16. The second kappa shape index (κ2) is 4.59. The van der Waals surface area contributed by atoms with Crippen molar-refractivity contribution in [1.82, 2.24) is 0 Å². The third kappa shape index (κ3) is 2.45. The van der Waals surface area contributed by atoms with Crippen molar-refractivity contribution < 1.29 is 0 Å². The summed E-state index contributed by atoms with van der Waals surface area (Å²) >= 11 is 1.73. The van der Waals surface area contributed by atoms with E-state index in [0.29, 0.717) is 6.04 Å². The first kappa shape index (κ1) is 10.4. The van der Waals surface area contributed by atoms with Crippen LogP contribution in [-0.4, -0.2) is 11.8 Å². The molecule has 78 valence electrons. The molecule has 1 aliphatic carbocycles. The third-order valence-corrected chi connectivity index (χ3v) is 3.31. The number of hydrogen-bond acceptors (Lipinski definition) is 3. The minimum Gasteiger partial charge on any atom is -0.381 e. The maximum Gasteiger partial charge on any atom is 0.102 e. The van der Waals surface area contributed by atoms with Crippen molar-refractivity contribution in [3.63, 3.8) is 0 Å². The number of nitrogens with one attached hydrogen (secondary N) is 1. The number of benzene rings is 1. The zero-order chi connectivity index (χ0) is 10.7. The van der Waals surface area contributed by atoms with Crippen LogP contribution in [0.15, 0.2) is 23.1 Å². The van der Waals surface area contributed by atoms with Gasteiger partial charge in [-0.15, -0.1) is 11.8 Å². The molecule has 0 unspecified atom stereocenters. The number of hydrogen-bond donors (Lipinski definition) is 1. The number of nitriles is 1. The first-order chi connectivity index (χ1) is 7.35. The predicted octanol–water partition coefficient (Wildman–Crippen LogP) is 3.24. The summed E-state index contributed by atoms with van der Waals surface area (Å²) in [6, 6.07) is 8.93. The van der Waals surface area contributed by atoms with E-state index < -0.39 is 0 Å². The normalized spacial score (nSPS) is 14.7. The first-order valence-electron chi connectivity index (χ1n) is 5.27. The van der Waals surface area contributed by atoms with Gasteiger partial charge in [0.05, 0.1) is 11.3 Å². The van der Waals surface area contributed by atoms with E-state index in [1.54, 1.807) is 11.8 Å². The summed E-state index contributed by atoms with van der Waals surface area (Å²) in [4.78, 5) is 1.09. The summed E-state index contributed by atoms with van der Waals surface area (Å²) in [5.74, 6) is 1.00. The van der Waals surface area contributed by atoms with Gasteiger partial charge in [0.2, 0.25) is 0 Å². The van der Waals surface area contributed by atoms with Crippen molar-refractivity contribution in [1.29, 1.82) is 5.26 Å². The quantitative estimate of drug-likeness (QED) is 0.788. The Kier molecular flexibility index (Phi) is 3.17. The van der Waals surface area contributed by atoms with Crippen LogP contribution in [-0.2, 0) is 0 Å². The third-order valence-electron chi connectivity index (χ3n) is 2.37. The highest BCUT2D eigenvalue weighted by Crippen LogP contribution is 2.31. The Labute approximate surface area is 94.7 Å². The fraction of sp³-hybridized carbons (Fsp3) is 0.417. The molecule has 0 aromatic heterocycles. The molecule has 1 fully saturated rings. The van der Waals surface area contributed by atoms with Gasteiger partial charge in [-0.05, 0) is 30.7 Å². The summed E-state index contributed by atoms with van der Waals surface area (Å²) in [6.07, 6.45) is 2.46. The molecule has 1 aliphatic rings. The highest BCUT2D eigenvalue weighted by Gasteiger charge is 2.22. The van der Waals surface area contributed by atoms with Crippen molar-refractivity contribution >= 4 is 17.4 Å². The highest BCUT2D eigenvalue weighted by atomic mass is 32.2. The Hall–Kier alpha value is -1.14. The highest BCUT2D eigenvalue weighted by molar-refractivity contribution is 7.99. The van der Waals surface area contributed by atoms with Crippen LogP contribution < -0.4 is 5.32 Å². The average Bonchev–Trinajstić information content (AvgIpc) is 3.03. The van der Waals surface area contributed by atoms with E-state index >= 15 is 0 Å². The predicted molar refractivity (Wildman–Crippen MR) is 64.2 cm³/mol. The molecule has 2 rings (SSSR count). The first-order valence-corrected chi connectivity index (χ1v) is 6.26. The summed E-state index contributed by atoms with van der Waals surface area (Å²) in [5, 5.41) is 12.6. The molecule has 0 spiro atoms. The van der Waals surface area contributed by atoms with Crippen molar-refractivity contribution in [3.8, 4) is 6.07 Å². The molecule has 0 heterocycles. The molecule has 1 N–H and O–H groups in total. The minimum atomic E-state index is 0.596. The van der Waals surface area contributed by atoms with Crippen LogP contribution in [0.2, 0.25) is 0 Å². The standard InChI is InChI=1S/C12H14N2S/c1-2-15-12-5-3-4-11(10(12)8-13)14-9-6-7-9/h3-5,9,14H,2,6-7H2,1H3. The molecule has 0 bridgehead atoms. The van der Waals surface area contributed by atoms with Gasteiger partial charge in [-0.25, -0.2) is 0 Å². The summed E-state index contributed by atoms with van der Waals surface area (Å²) < 4.78 is 0. The van der Waals surface area contributed by atoms with Crippen LogP contribution in [0.3, 0.4) is 0 Å². The lowest BCUT2D eigenvalue weighted by Crippen LogP contribution is -2.03. The SMILES string of the molecule is CCSc1cccc(NC2CC2)c1C#N. The second-order valence-corrected chi connectivity index (χ2v) is 4.95. The van der Waals surface area contributed by atoms with E-state index in [4.69, 9.17) is 5.26 Å². The number of thioether (sulfide) groups is 1. The zero-order valence-corrected chi connectivity index (χ0v) is 9.60. The topological polar surface area (TPSA) is 35.8 Å². The van der Waals surface area contributed by atoms with Gasteiger partial charge in [0.15, 0.2) is 0 Å². The molecule has 1 saturated carbocycles. The van der Waals surface area contributed by atoms with Crippen molar-refractivity contribution in [2.24, 2.45) is 0 Å². The van der Waals surface area contributed by atoms with E-state index in [1.807, 2.05) is 18.2 Å². The van der Waals surface area contributed by atoms with E-state index in [2.05, 4.69) is 18.3 Å². The molecule has 0 radical (unpaired) electrons. The second-order valence-electron chi connectivity index (χ2n) is 3.64. The summed E-state index contributed by atoms with van der Waals surface area (Å²) in [5.41, 5.74) is 1.80. The van der Waals surface area contributed by atoms with Crippen molar-refractivity contribution in [2.45, 2.75) is 30.7 Å². The fourth-order valence-corrected chi connectivity index (χ4v) is 2.28. The molecule has 15 heavy (non-hydrogen) atoms. The molecular formula is C12H14N2S. The van der Waals surface area contributed by atoms with Gasteiger partial charge in [-0.2, -0.15) is 5.26 Å². The van der Waals surface area contributed by atoms with Crippen LogP contribution in [0.1, 0.15) is 25.3 Å². The van der Waals surface area contributed by atoms with Gasteiger partial charge in [-0.3, -0.25) is 0 Å². The smallest absolute Gasteiger partial charge is 0.102 e. The minimum absolute atomic E-state index is 0.596. The molecule has 2 nitrogen and oxygen atoms in total. The summed E-state index contributed by atoms with van der Waals surface area (Å²) in [7, 11) is 0. The fourth-order valence-electron chi connectivity index (χ4n) is 1.49. The lowest BCUT2D eigenvalue weighted by atomic mass is 10.2. The monoisotopic (exact) mass is 218 g/mol. The van der Waals surface area contributed by atoms with Gasteiger partial charge in [0, 0.05) is 10.9 Å². The Balaban J connectivity index is 2.27. The lowest BCUT2D eigenvalue weighted by molar-refractivity contribution is 1.14. The van der Waals surface area contributed by atoms with Gasteiger partial charge >= 0.3 is 0 Å². The molecule has 1 aromatic carbocycles. The van der Waals surface area contributed by atoms with Crippen LogP contribution in [0.5, 0.6) is 0 Å². The maximum absolute atomic E-state index is 9.16. The van der Waals surface area contributed by atoms with Crippen LogP contribution in [0, 0.1) is 11.3 Å². The molecular weight excluding hydrogens is 204 g/mol. The van der Waals surface area contributed by atoms with Crippen LogP contribution >= 0.6 is 11.8 Å².